The normalized spacial score (nSPS) is 15.6. The largest absolute Gasteiger partial charge is 0.462 e. The quantitative estimate of drug-likeness (QED) is 0.445. The van der Waals surface area contributed by atoms with Crippen molar-refractivity contribution in [2.45, 2.75) is 33.1 Å². The second kappa shape index (κ2) is 10.1. The molecule has 2 heterocycles. The fraction of sp³-hybridized carbons (Fsp3) is 0.381. The number of hydrogen-bond acceptors (Lipinski definition) is 7. The van der Waals surface area contributed by atoms with E-state index in [4.69, 9.17) is 13.9 Å². The van der Waals surface area contributed by atoms with Gasteiger partial charge in [-0.1, -0.05) is 6.92 Å². The Balaban J connectivity index is 1.63. The van der Waals surface area contributed by atoms with Gasteiger partial charge in [0.25, 0.3) is 5.91 Å². The van der Waals surface area contributed by atoms with Gasteiger partial charge in [0.05, 0.1) is 12.2 Å². The number of fused-ring (bicyclic) bond motifs is 1. The molecule has 30 heavy (non-hydrogen) atoms. The lowest BCUT2D eigenvalue weighted by molar-refractivity contribution is -0.142. The van der Waals surface area contributed by atoms with E-state index in [2.05, 4.69) is 28.2 Å². The maximum absolute atomic E-state index is 12.5. The summed E-state index contributed by atoms with van der Waals surface area (Å²) in [7, 11) is 0. The number of carbonyl (C=O) groups is 3. The summed E-state index contributed by atoms with van der Waals surface area (Å²) in [6.07, 6.45) is 5.25. The number of esters is 2. The number of carbonyl (C=O) groups excluding carboxylic acids is 3. The number of anilines is 1. The van der Waals surface area contributed by atoms with E-state index in [1.807, 2.05) is 0 Å². The SMILES string of the molecule is CCOC(=O)c1c(NC(=O)COC(=O)C=Cc2ccc(Br)o2)sc2c1CCC(C)C2. The first-order valence-electron chi connectivity index (χ1n) is 9.59. The Morgan fingerprint density at radius 3 is 2.83 bits per heavy atom. The second-order valence-electron chi connectivity index (χ2n) is 6.91. The lowest BCUT2D eigenvalue weighted by Crippen LogP contribution is -2.21. The zero-order valence-electron chi connectivity index (χ0n) is 16.7. The number of ether oxygens (including phenoxy) is 2. The topological polar surface area (TPSA) is 94.8 Å². The van der Waals surface area contributed by atoms with Crippen molar-refractivity contribution in [2.75, 3.05) is 18.5 Å². The number of nitrogens with one attached hydrogen (secondary N) is 1. The van der Waals surface area contributed by atoms with Gasteiger partial charge < -0.3 is 19.2 Å². The standard InChI is InChI=1S/C21H22BrNO6S/c1-3-27-21(26)19-14-7-4-12(2)10-15(14)30-20(19)23-17(24)11-28-18(25)9-6-13-5-8-16(22)29-13/h5-6,8-9,12H,3-4,7,10-11H2,1-2H3,(H,23,24). The molecule has 0 radical (unpaired) electrons. The molecule has 0 aliphatic heterocycles. The van der Waals surface area contributed by atoms with E-state index in [0.29, 0.717) is 26.9 Å². The minimum Gasteiger partial charge on any atom is -0.462 e. The van der Waals surface area contributed by atoms with Crippen LogP contribution in [0.4, 0.5) is 5.00 Å². The minimum atomic E-state index is -0.678. The molecule has 1 aliphatic carbocycles. The van der Waals surface area contributed by atoms with E-state index in [-0.39, 0.29) is 6.61 Å². The Hall–Kier alpha value is -2.39. The molecule has 9 heteroatoms. The number of furan rings is 1. The summed E-state index contributed by atoms with van der Waals surface area (Å²) >= 11 is 4.56. The molecule has 1 N–H and O–H groups in total. The van der Waals surface area contributed by atoms with E-state index in [9.17, 15) is 14.4 Å². The Bertz CT molecular complexity index is 976. The molecule has 7 nitrogen and oxygen atoms in total. The summed E-state index contributed by atoms with van der Waals surface area (Å²) in [5.74, 6) is -0.639. The molecule has 1 atom stereocenters. The van der Waals surface area contributed by atoms with Crippen LogP contribution in [0.25, 0.3) is 6.08 Å². The number of thiophene rings is 1. The van der Waals surface area contributed by atoms with Gasteiger partial charge in [0.2, 0.25) is 0 Å². The fourth-order valence-electron chi connectivity index (χ4n) is 3.17. The summed E-state index contributed by atoms with van der Waals surface area (Å²) < 4.78 is 15.9. The van der Waals surface area contributed by atoms with Gasteiger partial charge in [-0.25, -0.2) is 9.59 Å². The van der Waals surface area contributed by atoms with Gasteiger partial charge >= 0.3 is 11.9 Å². The van der Waals surface area contributed by atoms with Crippen molar-refractivity contribution in [1.82, 2.24) is 0 Å². The Labute approximate surface area is 186 Å². The fourth-order valence-corrected chi connectivity index (χ4v) is 4.91. The Kier molecular flexibility index (Phi) is 7.49. The highest BCUT2D eigenvalue weighted by molar-refractivity contribution is 9.10. The lowest BCUT2D eigenvalue weighted by Gasteiger charge is -2.18. The molecular formula is C21H22BrNO6S. The van der Waals surface area contributed by atoms with Crippen LogP contribution < -0.4 is 5.32 Å². The molecule has 160 valence electrons. The first kappa shape index (κ1) is 22.3. The minimum absolute atomic E-state index is 0.253. The summed E-state index contributed by atoms with van der Waals surface area (Å²) in [5.41, 5.74) is 1.38. The molecule has 0 bridgehead atoms. The van der Waals surface area contributed by atoms with Crippen molar-refractivity contribution >= 4 is 56.2 Å². The lowest BCUT2D eigenvalue weighted by atomic mass is 9.88. The highest BCUT2D eigenvalue weighted by atomic mass is 79.9. The number of hydrogen-bond donors (Lipinski definition) is 1. The van der Waals surface area contributed by atoms with Crippen molar-refractivity contribution in [1.29, 1.82) is 0 Å². The predicted molar refractivity (Wildman–Crippen MR) is 116 cm³/mol. The van der Waals surface area contributed by atoms with Crippen molar-refractivity contribution < 1.29 is 28.3 Å². The average molecular weight is 496 g/mol. The van der Waals surface area contributed by atoms with E-state index in [1.54, 1.807) is 19.1 Å². The molecule has 3 rings (SSSR count). The van der Waals surface area contributed by atoms with Gasteiger partial charge in [-0.05, 0) is 71.8 Å². The van der Waals surface area contributed by atoms with Crippen molar-refractivity contribution in [3.05, 3.63) is 44.6 Å². The molecule has 2 aromatic heterocycles. The zero-order valence-corrected chi connectivity index (χ0v) is 19.1. The average Bonchev–Trinajstić information content (AvgIpc) is 3.27. The van der Waals surface area contributed by atoms with E-state index in [1.165, 1.54) is 23.5 Å². The zero-order chi connectivity index (χ0) is 21.7. The van der Waals surface area contributed by atoms with Crippen LogP contribution in [0.15, 0.2) is 27.3 Å². The number of rotatable bonds is 7. The van der Waals surface area contributed by atoms with Crippen LogP contribution in [0.3, 0.4) is 0 Å². The third kappa shape index (κ3) is 5.60. The maximum atomic E-state index is 12.5. The maximum Gasteiger partial charge on any atom is 0.341 e. The van der Waals surface area contributed by atoms with Crippen molar-refractivity contribution in [2.24, 2.45) is 5.92 Å². The second-order valence-corrected chi connectivity index (χ2v) is 8.79. The molecule has 1 unspecified atom stereocenters. The van der Waals surface area contributed by atoms with Crippen LogP contribution in [-0.2, 0) is 31.9 Å². The van der Waals surface area contributed by atoms with Gasteiger partial charge in [0, 0.05) is 11.0 Å². The molecule has 0 aromatic carbocycles. The molecule has 0 fully saturated rings. The van der Waals surface area contributed by atoms with Crippen LogP contribution >= 0.6 is 27.3 Å². The van der Waals surface area contributed by atoms with Gasteiger partial charge in [-0.3, -0.25) is 4.79 Å². The van der Waals surface area contributed by atoms with Crippen molar-refractivity contribution in [3.63, 3.8) is 0 Å². The number of halogens is 1. The first-order chi connectivity index (χ1) is 14.4. The predicted octanol–water partition coefficient (Wildman–Crippen LogP) is 4.60. The Morgan fingerprint density at radius 2 is 2.13 bits per heavy atom. The molecule has 0 spiro atoms. The number of amides is 1. The molecular weight excluding hydrogens is 474 g/mol. The Morgan fingerprint density at radius 1 is 1.33 bits per heavy atom. The smallest absolute Gasteiger partial charge is 0.341 e. The first-order valence-corrected chi connectivity index (χ1v) is 11.2. The van der Waals surface area contributed by atoms with E-state index in [0.717, 1.165) is 29.7 Å². The highest BCUT2D eigenvalue weighted by Crippen LogP contribution is 2.40. The highest BCUT2D eigenvalue weighted by Gasteiger charge is 2.29. The van der Waals surface area contributed by atoms with Crippen LogP contribution in [0, 0.1) is 5.92 Å². The van der Waals surface area contributed by atoms with Crippen LogP contribution in [-0.4, -0.2) is 31.1 Å². The van der Waals surface area contributed by atoms with Gasteiger partial charge in [0.15, 0.2) is 11.3 Å². The molecule has 1 amide bonds. The molecule has 0 saturated carbocycles. The van der Waals surface area contributed by atoms with Gasteiger partial charge in [-0.15, -0.1) is 11.3 Å². The summed E-state index contributed by atoms with van der Waals surface area (Å²) in [6, 6.07) is 3.37. The van der Waals surface area contributed by atoms with Crippen LogP contribution in [0.1, 0.15) is 46.8 Å². The summed E-state index contributed by atoms with van der Waals surface area (Å²) in [5, 5.41) is 3.16. The monoisotopic (exact) mass is 495 g/mol. The van der Waals surface area contributed by atoms with Crippen LogP contribution in [0.5, 0.6) is 0 Å². The summed E-state index contributed by atoms with van der Waals surface area (Å²) in [4.78, 5) is 37.7. The van der Waals surface area contributed by atoms with E-state index >= 15 is 0 Å². The van der Waals surface area contributed by atoms with Crippen LogP contribution in [0.2, 0.25) is 0 Å². The van der Waals surface area contributed by atoms with Gasteiger partial charge in [0.1, 0.15) is 10.8 Å². The molecule has 1 aliphatic rings. The molecule has 0 saturated heterocycles. The third-order valence-corrected chi connectivity index (χ3v) is 6.16. The van der Waals surface area contributed by atoms with Crippen molar-refractivity contribution in [3.8, 4) is 0 Å². The van der Waals surface area contributed by atoms with E-state index < -0.39 is 24.5 Å². The van der Waals surface area contributed by atoms with Gasteiger partial charge in [-0.2, -0.15) is 0 Å². The summed E-state index contributed by atoms with van der Waals surface area (Å²) in [6.45, 7) is 3.69. The molecule has 2 aromatic rings. The third-order valence-electron chi connectivity index (χ3n) is 4.57.